The zero-order valence-corrected chi connectivity index (χ0v) is 10.3. The molecule has 0 aliphatic carbocycles. The van der Waals surface area contributed by atoms with Crippen molar-refractivity contribution in [2.45, 2.75) is 19.4 Å². The van der Waals surface area contributed by atoms with Gasteiger partial charge in [-0.3, -0.25) is 4.68 Å². The van der Waals surface area contributed by atoms with Gasteiger partial charge in [0.25, 0.3) is 0 Å². The van der Waals surface area contributed by atoms with Gasteiger partial charge in [0.15, 0.2) is 0 Å². The van der Waals surface area contributed by atoms with Gasteiger partial charge >= 0.3 is 0 Å². The Hall–Kier alpha value is -1.61. The monoisotopic (exact) mass is 227 g/mol. The summed E-state index contributed by atoms with van der Waals surface area (Å²) >= 11 is 0. The highest BCUT2D eigenvalue weighted by Gasteiger charge is 2.24. The van der Waals surface area contributed by atoms with E-state index < -0.39 is 0 Å². The number of nitrogens with zero attached hydrogens (tertiary/aromatic N) is 2. The zero-order chi connectivity index (χ0) is 11.8. The molecule has 0 radical (unpaired) electrons. The lowest BCUT2D eigenvalue weighted by atomic mass is 9.97. The van der Waals surface area contributed by atoms with E-state index in [0.29, 0.717) is 6.04 Å². The molecule has 1 atom stereocenters. The number of aromatic nitrogens is 2. The molecule has 2 aromatic rings. The van der Waals surface area contributed by atoms with Crippen LogP contribution in [0.3, 0.4) is 0 Å². The second-order valence-electron chi connectivity index (χ2n) is 4.63. The third-order valence-electron chi connectivity index (χ3n) is 3.46. The van der Waals surface area contributed by atoms with Crippen molar-refractivity contribution in [2.75, 3.05) is 6.54 Å². The first-order chi connectivity index (χ1) is 8.27. The van der Waals surface area contributed by atoms with Crippen molar-refractivity contribution in [1.29, 1.82) is 0 Å². The first kappa shape index (κ1) is 10.5. The van der Waals surface area contributed by atoms with Gasteiger partial charge in [-0.25, -0.2) is 0 Å². The molecule has 3 heteroatoms. The number of hydrogen-bond donors (Lipinski definition) is 1. The summed E-state index contributed by atoms with van der Waals surface area (Å²) in [6.45, 7) is 3.22. The van der Waals surface area contributed by atoms with Crippen LogP contribution in [0, 0.1) is 0 Å². The van der Waals surface area contributed by atoms with Crippen LogP contribution in [0.5, 0.6) is 0 Å². The van der Waals surface area contributed by atoms with Crippen LogP contribution in [0.1, 0.15) is 24.2 Å². The third kappa shape index (κ3) is 1.67. The average Bonchev–Trinajstić information content (AvgIpc) is 2.68. The fourth-order valence-electron chi connectivity index (χ4n) is 2.65. The molecule has 3 nitrogen and oxygen atoms in total. The molecule has 1 aliphatic heterocycles. The van der Waals surface area contributed by atoms with E-state index in [1.807, 2.05) is 11.7 Å². The maximum absolute atomic E-state index is 4.66. The molecule has 0 bridgehead atoms. The molecule has 1 aliphatic rings. The van der Waals surface area contributed by atoms with Gasteiger partial charge in [0.05, 0.1) is 11.4 Å². The van der Waals surface area contributed by atoms with E-state index in [1.54, 1.807) is 0 Å². The molecule has 3 rings (SSSR count). The molecule has 0 amide bonds. The quantitative estimate of drug-likeness (QED) is 0.810. The SMILES string of the molecule is CC1NCCc2c1nn(C)c2-c1ccccc1. The van der Waals surface area contributed by atoms with Gasteiger partial charge in [-0.1, -0.05) is 30.3 Å². The van der Waals surface area contributed by atoms with Crippen molar-refractivity contribution < 1.29 is 0 Å². The summed E-state index contributed by atoms with van der Waals surface area (Å²) in [6.07, 6.45) is 1.07. The zero-order valence-electron chi connectivity index (χ0n) is 10.3. The summed E-state index contributed by atoms with van der Waals surface area (Å²) in [5.74, 6) is 0. The van der Waals surface area contributed by atoms with Gasteiger partial charge in [-0.15, -0.1) is 0 Å². The van der Waals surface area contributed by atoms with Crippen LogP contribution in [0.25, 0.3) is 11.3 Å². The molecule has 0 fully saturated rings. The van der Waals surface area contributed by atoms with E-state index in [1.165, 1.54) is 22.5 Å². The maximum Gasteiger partial charge on any atom is 0.0830 e. The first-order valence-corrected chi connectivity index (χ1v) is 6.12. The Labute approximate surface area is 101 Å². The number of fused-ring (bicyclic) bond motifs is 1. The number of rotatable bonds is 1. The van der Waals surface area contributed by atoms with Crippen molar-refractivity contribution >= 4 is 0 Å². The highest BCUT2D eigenvalue weighted by molar-refractivity contribution is 5.65. The second-order valence-corrected chi connectivity index (χ2v) is 4.63. The van der Waals surface area contributed by atoms with Gasteiger partial charge in [0.1, 0.15) is 0 Å². The van der Waals surface area contributed by atoms with Crippen LogP contribution in [0.2, 0.25) is 0 Å². The van der Waals surface area contributed by atoms with E-state index >= 15 is 0 Å². The molecular weight excluding hydrogens is 210 g/mol. The van der Waals surface area contributed by atoms with Crippen molar-refractivity contribution in [2.24, 2.45) is 7.05 Å². The maximum atomic E-state index is 4.66. The predicted octanol–water partition coefficient (Wildman–Crippen LogP) is 2.29. The Kier molecular flexibility index (Phi) is 2.48. The van der Waals surface area contributed by atoms with Crippen LogP contribution in [-0.2, 0) is 13.5 Å². The average molecular weight is 227 g/mol. The summed E-state index contributed by atoms with van der Waals surface area (Å²) < 4.78 is 2.02. The molecule has 1 N–H and O–H groups in total. The highest BCUT2D eigenvalue weighted by Crippen LogP contribution is 2.31. The van der Waals surface area contributed by atoms with Gasteiger partial charge in [-0.05, 0) is 19.9 Å². The molecule has 0 saturated carbocycles. The molecule has 0 spiro atoms. The summed E-state index contributed by atoms with van der Waals surface area (Å²) in [6, 6.07) is 10.9. The van der Waals surface area contributed by atoms with E-state index in [2.05, 4.69) is 47.7 Å². The largest absolute Gasteiger partial charge is 0.308 e. The van der Waals surface area contributed by atoms with Crippen LogP contribution in [0.15, 0.2) is 30.3 Å². The van der Waals surface area contributed by atoms with E-state index in [9.17, 15) is 0 Å². The van der Waals surface area contributed by atoms with E-state index in [-0.39, 0.29) is 0 Å². The Morgan fingerprint density at radius 1 is 1.29 bits per heavy atom. The minimum absolute atomic E-state index is 0.363. The standard InChI is InChI=1S/C14H17N3/c1-10-13-12(8-9-15-10)14(17(2)16-13)11-6-4-3-5-7-11/h3-7,10,15H,8-9H2,1-2H3. The fourth-order valence-corrected chi connectivity index (χ4v) is 2.65. The van der Waals surface area contributed by atoms with Gasteiger partial charge in [-0.2, -0.15) is 5.10 Å². The minimum atomic E-state index is 0.363. The summed E-state index contributed by atoms with van der Waals surface area (Å²) in [4.78, 5) is 0. The number of nitrogens with one attached hydrogen (secondary N) is 1. The minimum Gasteiger partial charge on any atom is -0.308 e. The van der Waals surface area contributed by atoms with Crippen LogP contribution in [-0.4, -0.2) is 16.3 Å². The second kappa shape index (κ2) is 4.00. The Bertz CT molecular complexity index is 528. The molecule has 1 unspecified atom stereocenters. The number of aryl methyl sites for hydroxylation is 1. The van der Waals surface area contributed by atoms with E-state index in [4.69, 9.17) is 0 Å². The molecule has 1 aromatic carbocycles. The Balaban J connectivity index is 2.18. The first-order valence-electron chi connectivity index (χ1n) is 6.12. The van der Waals surface area contributed by atoms with Crippen LogP contribution >= 0.6 is 0 Å². The lowest BCUT2D eigenvalue weighted by Crippen LogP contribution is -2.27. The lowest BCUT2D eigenvalue weighted by Gasteiger charge is -2.19. The third-order valence-corrected chi connectivity index (χ3v) is 3.46. The predicted molar refractivity (Wildman–Crippen MR) is 68.8 cm³/mol. The normalized spacial score (nSPS) is 19.1. The smallest absolute Gasteiger partial charge is 0.0830 e. The number of hydrogen-bond acceptors (Lipinski definition) is 2. The van der Waals surface area contributed by atoms with Gasteiger partial charge < -0.3 is 5.32 Å². The molecule has 2 heterocycles. The number of benzene rings is 1. The van der Waals surface area contributed by atoms with Crippen molar-refractivity contribution in [3.8, 4) is 11.3 Å². The molecule has 0 saturated heterocycles. The molecule has 1 aromatic heterocycles. The highest BCUT2D eigenvalue weighted by atomic mass is 15.3. The Morgan fingerprint density at radius 3 is 2.82 bits per heavy atom. The van der Waals surface area contributed by atoms with Gasteiger partial charge in [0.2, 0.25) is 0 Å². The van der Waals surface area contributed by atoms with Crippen LogP contribution in [0.4, 0.5) is 0 Å². The van der Waals surface area contributed by atoms with E-state index in [0.717, 1.165) is 13.0 Å². The molecule has 88 valence electrons. The Morgan fingerprint density at radius 2 is 2.06 bits per heavy atom. The molecule has 17 heavy (non-hydrogen) atoms. The summed E-state index contributed by atoms with van der Waals surface area (Å²) in [7, 11) is 2.04. The van der Waals surface area contributed by atoms with Crippen molar-refractivity contribution in [3.63, 3.8) is 0 Å². The fraction of sp³-hybridized carbons (Fsp3) is 0.357. The molecular formula is C14H17N3. The van der Waals surface area contributed by atoms with Crippen molar-refractivity contribution in [1.82, 2.24) is 15.1 Å². The summed E-state index contributed by atoms with van der Waals surface area (Å²) in [5.41, 5.74) is 5.15. The van der Waals surface area contributed by atoms with Crippen molar-refractivity contribution in [3.05, 3.63) is 41.6 Å². The lowest BCUT2D eigenvalue weighted by molar-refractivity contribution is 0.525. The van der Waals surface area contributed by atoms with Crippen LogP contribution < -0.4 is 5.32 Å². The summed E-state index contributed by atoms with van der Waals surface area (Å²) in [5, 5.41) is 8.12. The van der Waals surface area contributed by atoms with Gasteiger partial charge in [0, 0.05) is 24.2 Å². The topological polar surface area (TPSA) is 29.9 Å².